The lowest BCUT2D eigenvalue weighted by Crippen LogP contribution is -2.15. The molecule has 23 heavy (non-hydrogen) atoms. The van der Waals surface area contributed by atoms with E-state index in [4.69, 9.17) is 18.3 Å². The third kappa shape index (κ3) is 3.76. The van der Waals surface area contributed by atoms with Crippen LogP contribution in [0.4, 0.5) is 0 Å². The van der Waals surface area contributed by atoms with E-state index in [1.807, 2.05) is 25.1 Å². The number of esters is 1. The molecule has 0 aliphatic rings. The largest absolute Gasteiger partial charge is 0.482 e. The number of rotatable bonds is 6. The van der Waals surface area contributed by atoms with Crippen LogP contribution in [0.15, 0.2) is 51.5 Å². The molecule has 3 rings (SSSR count). The fourth-order valence-electron chi connectivity index (χ4n) is 1.85. The molecule has 0 aliphatic heterocycles. The first-order chi connectivity index (χ1) is 11.2. The lowest BCUT2D eigenvalue weighted by Gasteiger charge is -2.07. The summed E-state index contributed by atoms with van der Waals surface area (Å²) in [6.07, 6.45) is 1.50. The molecule has 7 nitrogen and oxygen atoms in total. The number of aromatic nitrogens is 2. The van der Waals surface area contributed by atoms with Crippen molar-refractivity contribution in [3.05, 3.63) is 54.1 Å². The van der Waals surface area contributed by atoms with Gasteiger partial charge in [0.05, 0.1) is 6.26 Å². The second kappa shape index (κ2) is 6.78. The Kier molecular flexibility index (Phi) is 4.37. The van der Waals surface area contributed by atoms with Gasteiger partial charge in [0.2, 0.25) is 0 Å². The molecule has 0 fully saturated rings. The number of benzene rings is 1. The molecular formula is C16H14N2O5. The Labute approximate surface area is 131 Å². The van der Waals surface area contributed by atoms with Crippen molar-refractivity contribution in [2.24, 2.45) is 0 Å². The Morgan fingerprint density at radius 1 is 1.17 bits per heavy atom. The Balaban J connectivity index is 1.49. The molecule has 0 saturated carbocycles. The van der Waals surface area contributed by atoms with Gasteiger partial charge in [-0.3, -0.25) is 0 Å². The molecule has 2 heterocycles. The van der Waals surface area contributed by atoms with Gasteiger partial charge in [-0.2, -0.15) is 0 Å². The molecule has 3 aromatic rings. The summed E-state index contributed by atoms with van der Waals surface area (Å²) in [6, 6.07) is 10.8. The van der Waals surface area contributed by atoms with E-state index in [1.54, 1.807) is 18.2 Å². The molecule has 2 aromatic heterocycles. The summed E-state index contributed by atoms with van der Waals surface area (Å²) >= 11 is 0. The summed E-state index contributed by atoms with van der Waals surface area (Å²) in [6.45, 7) is 1.59. The minimum Gasteiger partial charge on any atom is -0.482 e. The molecule has 0 saturated heterocycles. The quantitative estimate of drug-likeness (QED) is 0.646. The number of carbonyl (C=O) groups excluding carboxylic acids is 1. The maximum Gasteiger partial charge on any atom is 0.344 e. The Bertz CT molecular complexity index is 779. The highest BCUT2D eigenvalue weighted by Crippen LogP contribution is 2.18. The monoisotopic (exact) mass is 314 g/mol. The predicted octanol–water partition coefficient (Wildman–Crippen LogP) is 2.76. The zero-order valence-electron chi connectivity index (χ0n) is 12.4. The maximum absolute atomic E-state index is 11.7. The van der Waals surface area contributed by atoms with E-state index in [1.165, 1.54) is 6.26 Å². The molecule has 118 valence electrons. The molecule has 0 unspecified atom stereocenters. The number of carbonyl (C=O) groups is 1. The number of ether oxygens (including phenoxy) is 2. The van der Waals surface area contributed by atoms with Gasteiger partial charge in [0.25, 0.3) is 11.8 Å². The SMILES string of the molecule is Cc1ccccc1OCC(=O)OCc1nnc(-c2ccco2)o1. The van der Waals surface area contributed by atoms with Crippen LogP contribution in [-0.4, -0.2) is 22.8 Å². The van der Waals surface area contributed by atoms with E-state index >= 15 is 0 Å². The molecular weight excluding hydrogens is 300 g/mol. The van der Waals surface area contributed by atoms with Crippen molar-refractivity contribution in [3.63, 3.8) is 0 Å². The van der Waals surface area contributed by atoms with Crippen LogP contribution in [0.5, 0.6) is 5.75 Å². The first kappa shape index (κ1) is 14.8. The van der Waals surface area contributed by atoms with Gasteiger partial charge in [-0.1, -0.05) is 18.2 Å². The molecule has 0 N–H and O–H groups in total. The summed E-state index contributed by atoms with van der Waals surface area (Å²) in [7, 11) is 0. The number of hydrogen-bond donors (Lipinski definition) is 0. The van der Waals surface area contributed by atoms with Crippen molar-refractivity contribution in [3.8, 4) is 17.4 Å². The van der Waals surface area contributed by atoms with Gasteiger partial charge in [0, 0.05) is 0 Å². The first-order valence-corrected chi connectivity index (χ1v) is 6.92. The fourth-order valence-corrected chi connectivity index (χ4v) is 1.85. The molecule has 0 radical (unpaired) electrons. The summed E-state index contributed by atoms with van der Waals surface area (Å²) in [5, 5.41) is 7.59. The van der Waals surface area contributed by atoms with E-state index in [0.717, 1.165) is 5.56 Å². The molecule has 0 spiro atoms. The molecule has 1 aromatic carbocycles. The summed E-state index contributed by atoms with van der Waals surface area (Å²) < 4.78 is 20.9. The van der Waals surface area contributed by atoms with E-state index in [0.29, 0.717) is 11.5 Å². The minimum absolute atomic E-state index is 0.121. The zero-order chi connectivity index (χ0) is 16.1. The fraction of sp³-hybridized carbons (Fsp3) is 0.188. The van der Waals surface area contributed by atoms with Crippen LogP contribution in [0.25, 0.3) is 11.7 Å². The van der Waals surface area contributed by atoms with Gasteiger partial charge in [-0.25, -0.2) is 4.79 Å². The van der Waals surface area contributed by atoms with Gasteiger partial charge >= 0.3 is 5.97 Å². The van der Waals surface area contributed by atoms with Gasteiger partial charge in [-0.15, -0.1) is 10.2 Å². The van der Waals surface area contributed by atoms with Crippen molar-refractivity contribution in [1.29, 1.82) is 0 Å². The van der Waals surface area contributed by atoms with E-state index in [9.17, 15) is 4.79 Å². The molecule has 0 aliphatic carbocycles. The Hall–Kier alpha value is -3.09. The van der Waals surface area contributed by atoms with Crippen LogP contribution >= 0.6 is 0 Å². The number of furan rings is 1. The van der Waals surface area contributed by atoms with Crippen LogP contribution in [0.2, 0.25) is 0 Å². The van der Waals surface area contributed by atoms with Crippen LogP contribution < -0.4 is 4.74 Å². The van der Waals surface area contributed by atoms with Gasteiger partial charge < -0.3 is 18.3 Å². The second-order valence-electron chi connectivity index (χ2n) is 4.69. The lowest BCUT2D eigenvalue weighted by atomic mass is 10.2. The topological polar surface area (TPSA) is 87.6 Å². The molecule has 7 heteroatoms. The number of aryl methyl sites for hydroxylation is 1. The lowest BCUT2D eigenvalue weighted by molar-refractivity contribution is -0.148. The van der Waals surface area contributed by atoms with Crippen molar-refractivity contribution in [2.45, 2.75) is 13.5 Å². The van der Waals surface area contributed by atoms with Gasteiger partial charge in [0.1, 0.15) is 5.75 Å². The van der Waals surface area contributed by atoms with Crippen LogP contribution in [0, 0.1) is 6.92 Å². The smallest absolute Gasteiger partial charge is 0.344 e. The normalized spacial score (nSPS) is 10.5. The maximum atomic E-state index is 11.7. The highest BCUT2D eigenvalue weighted by atomic mass is 16.6. The van der Waals surface area contributed by atoms with Crippen LogP contribution in [0.1, 0.15) is 11.5 Å². The average molecular weight is 314 g/mol. The second-order valence-corrected chi connectivity index (χ2v) is 4.69. The van der Waals surface area contributed by atoms with Gasteiger partial charge in [-0.05, 0) is 30.7 Å². The van der Waals surface area contributed by atoms with E-state index in [2.05, 4.69) is 10.2 Å². The molecule has 0 bridgehead atoms. The number of nitrogens with zero attached hydrogens (tertiary/aromatic N) is 2. The van der Waals surface area contributed by atoms with E-state index < -0.39 is 5.97 Å². The van der Waals surface area contributed by atoms with E-state index in [-0.39, 0.29) is 25.0 Å². The van der Waals surface area contributed by atoms with Crippen molar-refractivity contribution in [2.75, 3.05) is 6.61 Å². The van der Waals surface area contributed by atoms with Crippen molar-refractivity contribution < 1.29 is 23.1 Å². The van der Waals surface area contributed by atoms with Crippen LogP contribution in [0.3, 0.4) is 0 Å². The third-order valence-electron chi connectivity index (χ3n) is 2.99. The summed E-state index contributed by atoms with van der Waals surface area (Å²) in [5.41, 5.74) is 0.945. The zero-order valence-corrected chi connectivity index (χ0v) is 12.4. The average Bonchev–Trinajstić information content (AvgIpc) is 3.23. The molecule has 0 atom stereocenters. The van der Waals surface area contributed by atoms with Crippen LogP contribution in [-0.2, 0) is 16.1 Å². The number of hydrogen-bond acceptors (Lipinski definition) is 7. The molecule has 0 amide bonds. The predicted molar refractivity (Wildman–Crippen MR) is 78.5 cm³/mol. The first-order valence-electron chi connectivity index (χ1n) is 6.92. The number of para-hydroxylation sites is 1. The summed E-state index contributed by atoms with van der Waals surface area (Å²) in [4.78, 5) is 11.7. The Morgan fingerprint density at radius 3 is 2.83 bits per heavy atom. The highest BCUT2D eigenvalue weighted by Gasteiger charge is 2.13. The third-order valence-corrected chi connectivity index (χ3v) is 2.99. The van der Waals surface area contributed by atoms with Crippen molar-refractivity contribution in [1.82, 2.24) is 10.2 Å². The Morgan fingerprint density at radius 2 is 2.04 bits per heavy atom. The minimum atomic E-state index is -0.522. The highest BCUT2D eigenvalue weighted by molar-refractivity contribution is 5.71. The summed E-state index contributed by atoms with van der Waals surface area (Å²) in [5.74, 6) is 0.990. The van der Waals surface area contributed by atoms with Crippen molar-refractivity contribution >= 4 is 5.97 Å². The standard InChI is InChI=1S/C16H14N2O5/c1-11-5-2-3-6-12(11)21-10-15(19)22-9-14-17-18-16(23-14)13-7-4-8-20-13/h2-8H,9-10H2,1H3. The van der Waals surface area contributed by atoms with Gasteiger partial charge in [0.15, 0.2) is 19.0 Å².